The number of para-hydroxylation sites is 1. The normalized spacial score (nSPS) is 18.3. The van der Waals surface area contributed by atoms with E-state index in [0.29, 0.717) is 17.5 Å². The van der Waals surface area contributed by atoms with E-state index in [0.717, 1.165) is 5.56 Å². The van der Waals surface area contributed by atoms with Gasteiger partial charge in [-0.2, -0.15) is 0 Å². The monoisotopic (exact) mass is 225 g/mol. The third-order valence-corrected chi connectivity index (χ3v) is 2.65. The van der Waals surface area contributed by atoms with Crippen LogP contribution in [0.25, 0.3) is 0 Å². The molecule has 1 heterocycles. The van der Waals surface area contributed by atoms with Crippen molar-refractivity contribution in [3.63, 3.8) is 0 Å². The summed E-state index contributed by atoms with van der Waals surface area (Å²) in [5.74, 6) is -0.648. The van der Waals surface area contributed by atoms with Crippen molar-refractivity contribution in [3.05, 3.63) is 40.5 Å². The number of hydrogen-bond acceptors (Lipinski definition) is 3. The summed E-state index contributed by atoms with van der Waals surface area (Å²) >= 11 is 0.454. The molecular weight excluding hydrogens is 212 g/mol. The summed E-state index contributed by atoms with van der Waals surface area (Å²) in [4.78, 5) is 11.1. The van der Waals surface area contributed by atoms with Crippen LogP contribution in [0.4, 0.5) is 0 Å². The van der Waals surface area contributed by atoms with E-state index < -0.39 is 12.2 Å². The maximum Gasteiger partial charge on any atom is 0.336 e. The Morgan fingerprint density at radius 3 is 3.13 bits per heavy atom. The molecule has 0 spiro atoms. The Morgan fingerprint density at radius 1 is 1.60 bits per heavy atom. The van der Waals surface area contributed by atoms with Crippen LogP contribution in [0.5, 0.6) is 5.75 Å². The van der Waals surface area contributed by atoms with E-state index in [1.165, 1.54) is 0 Å². The second kappa shape index (κ2) is 3.98. The predicted molar refractivity (Wildman–Crippen MR) is 59.0 cm³/mol. The minimum absolute atomic E-state index is 0.0187. The van der Waals surface area contributed by atoms with Crippen molar-refractivity contribution in [3.8, 4) is 5.75 Å². The Morgan fingerprint density at radius 2 is 2.40 bits per heavy atom. The van der Waals surface area contributed by atoms with Gasteiger partial charge >= 0.3 is 5.97 Å². The molecule has 0 aromatic heterocycles. The first-order valence-electron chi connectivity index (χ1n) is 5.78. The zero-order chi connectivity index (χ0) is 13.3. The lowest BCUT2D eigenvalue weighted by Crippen LogP contribution is -2.14. The van der Waals surface area contributed by atoms with Crippen molar-refractivity contribution in [2.45, 2.75) is 6.42 Å². The first kappa shape index (κ1) is 6.95. The molecule has 1 N–H and O–H groups in total. The van der Waals surface area contributed by atoms with Gasteiger partial charge in [-0.15, -0.1) is 0 Å². The quantitative estimate of drug-likeness (QED) is 0.838. The first-order chi connectivity index (χ1) is 8.37. The Hall–Kier alpha value is -1.42. The minimum atomic E-state index is -2.33. The van der Waals surface area contributed by atoms with Gasteiger partial charge in [0.2, 0.25) is 0 Å². The standard InChI is InChI=1S/C11H10O3S/c1-15-11-8(10(12)13)6-7-4-2-3-5-9(7)14-11/h2-5H,6H2,1H3,(H,12,13)/i1D3. The van der Waals surface area contributed by atoms with Gasteiger partial charge in [-0.3, -0.25) is 0 Å². The Bertz CT molecular complexity index is 523. The number of benzene rings is 1. The fourth-order valence-corrected chi connectivity index (χ4v) is 1.83. The summed E-state index contributed by atoms with van der Waals surface area (Å²) in [7, 11) is 0. The average molecular weight is 225 g/mol. The molecule has 2 rings (SSSR count). The number of carboxylic acids is 1. The summed E-state index contributed by atoms with van der Waals surface area (Å²) in [6.07, 6.45) is -2.16. The van der Waals surface area contributed by atoms with E-state index in [-0.39, 0.29) is 17.1 Å². The zero-order valence-corrected chi connectivity index (χ0v) is 8.50. The van der Waals surface area contributed by atoms with Crippen LogP contribution in [0.3, 0.4) is 0 Å². The van der Waals surface area contributed by atoms with E-state index in [9.17, 15) is 4.79 Å². The van der Waals surface area contributed by atoms with Gasteiger partial charge in [0.1, 0.15) is 5.75 Å². The van der Waals surface area contributed by atoms with Crippen molar-refractivity contribution < 1.29 is 18.8 Å². The molecule has 1 aliphatic heterocycles. The maximum absolute atomic E-state index is 11.1. The lowest BCUT2D eigenvalue weighted by molar-refractivity contribution is -0.132. The number of ether oxygens (including phenoxy) is 1. The zero-order valence-electron chi connectivity index (χ0n) is 10.7. The van der Waals surface area contributed by atoms with Crippen LogP contribution in [0, 0.1) is 0 Å². The number of rotatable bonds is 2. The van der Waals surface area contributed by atoms with Crippen molar-refractivity contribution in [2.75, 3.05) is 6.18 Å². The van der Waals surface area contributed by atoms with Crippen molar-refractivity contribution in [1.82, 2.24) is 0 Å². The third kappa shape index (κ3) is 1.85. The Labute approximate surface area is 96.0 Å². The molecule has 1 aromatic carbocycles. The number of thioether (sulfide) groups is 1. The third-order valence-electron chi connectivity index (χ3n) is 2.14. The second-order valence-electron chi connectivity index (χ2n) is 3.06. The smallest absolute Gasteiger partial charge is 0.336 e. The van der Waals surface area contributed by atoms with E-state index in [4.69, 9.17) is 14.0 Å². The van der Waals surface area contributed by atoms with Crippen molar-refractivity contribution in [1.29, 1.82) is 0 Å². The molecule has 0 bridgehead atoms. The molecule has 0 radical (unpaired) electrons. The molecule has 15 heavy (non-hydrogen) atoms. The second-order valence-corrected chi connectivity index (χ2v) is 3.63. The van der Waals surface area contributed by atoms with Crippen molar-refractivity contribution in [2.24, 2.45) is 0 Å². The summed E-state index contributed by atoms with van der Waals surface area (Å²) in [5, 5.41) is 9.04. The summed E-state index contributed by atoms with van der Waals surface area (Å²) < 4.78 is 26.9. The van der Waals surface area contributed by atoms with E-state index >= 15 is 0 Å². The van der Waals surface area contributed by atoms with Gasteiger partial charge in [0.15, 0.2) is 5.09 Å². The Balaban J connectivity index is 2.37. The number of aliphatic carboxylic acids is 1. The molecule has 0 atom stereocenters. The highest BCUT2D eigenvalue weighted by molar-refractivity contribution is 8.02. The van der Waals surface area contributed by atoms with E-state index in [2.05, 4.69) is 0 Å². The summed E-state index contributed by atoms with van der Waals surface area (Å²) in [6, 6.07) is 6.98. The number of carboxylic acid groups (broad SMARTS) is 1. The molecule has 0 unspecified atom stereocenters. The van der Waals surface area contributed by atoms with Gasteiger partial charge < -0.3 is 9.84 Å². The molecule has 4 heteroatoms. The highest BCUT2D eigenvalue weighted by Crippen LogP contribution is 2.33. The van der Waals surface area contributed by atoms with E-state index in [1.807, 2.05) is 0 Å². The van der Waals surface area contributed by atoms with Crippen LogP contribution in [0.15, 0.2) is 34.9 Å². The molecule has 0 fully saturated rings. The van der Waals surface area contributed by atoms with Crippen LogP contribution in [0.2, 0.25) is 0 Å². The largest absolute Gasteiger partial charge is 0.478 e. The lowest BCUT2D eigenvalue weighted by atomic mass is 10.0. The van der Waals surface area contributed by atoms with Gasteiger partial charge in [-0.1, -0.05) is 30.0 Å². The first-order valence-corrected chi connectivity index (χ1v) is 5.10. The summed E-state index contributed by atoms with van der Waals surface area (Å²) in [5.41, 5.74) is 0.722. The molecule has 3 nitrogen and oxygen atoms in total. The molecule has 0 aliphatic carbocycles. The van der Waals surface area contributed by atoms with Crippen LogP contribution < -0.4 is 4.74 Å². The molecule has 1 aliphatic rings. The van der Waals surface area contributed by atoms with Gasteiger partial charge in [-0.05, 0) is 17.8 Å². The number of hydrogen-bond donors (Lipinski definition) is 1. The fourth-order valence-electron chi connectivity index (χ4n) is 1.42. The Kier molecular flexibility index (Phi) is 1.85. The van der Waals surface area contributed by atoms with Gasteiger partial charge in [0.25, 0.3) is 0 Å². The van der Waals surface area contributed by atoms with Gasteiger partial charge in [0.05, 0.1) is 5.57 Å². The predicted octanol–water partition coefficient (Wildman–Crippen LogP) is 2.28. The van der Waals surface area contributed by atoms with Gasteiger partial charge in [0, 0.05) is 10.5 Å². The van der Waals surface area contributed by atoms with Crippen LogP contribution in [-0.4, -0.2) is 17.3 Å². The topological polar surface area (TPSA) is 46.5 Å². The lowest BCUT2D eigenvalue weighted by Gasteiger charge is -2.19. The molecule has 0 saturated carbocycles. The van der Waals surface area contributed by atoms with Crippen LogP contribution >= 0.6 is 11.8 Å². The number of fused-ring (bicyclic) bond motifs is 1. The fraction of sp³-hybridized carbons (Fsp3) is 0.182. The molecule has 0 saturated heterocycles. The highest BCUT2D eigenvalue weighted by Gasteiger charge is 2.23. The van der Waals surface area contributed by atoms with Crippen LogP contribution in [0.1, 0.15) is 9.68 Å². The number of carbonyl (C=O) groups is 1. The molecule has 1 aromatic rings. The van der Waals surface area contributed by atoms with Gasteiger partial charge in [-0.25, -0.2) is 4.79 Å². The minimum Gasteiger partial charge on any atom is -0.478 e. The van der Waals surface area contributed by atoms with Crippen LogP contribution in [-0.2, 0) is 11.2 Å². The average Bonchev–Trinajstić information content (AvgIpc) is 2.25. The van der Waals surface area contributed by atoms with Crippen molar-refractivity contribution >= 4 is 17.7 Å². The molecule has 0 amide bonds. The highest BCUT2D eigenvalue weighted by atomic mass is 32.2. The maximum atomic E-state index is 11.1. The SMILES string of the molecule is [2H]C([2H])([2H])SC1=C(C(=O)O)Cc2ccccc2O1. The van der Waals surface area contributed by atoms with E-state index in [1.54, 1.807) is 24.3 Å². The summed E-state index contributed by atoms with van der Waals surface area (Å²) in [6.45, 7) is 0. The molecular formula is C11H10O3S. The molecule has 78 valence electrons.